The molecular formula is C12H17N2O2. The number of para-hydroxylation sites is 1. The highest BCUT2D eigenvalue weighted by Gasteiger charge is 2.07. The van der Waals surface area contributed by atoms with Gasteiger partial charge in [0.25, 0.3) is 5.91 Å². The third-order valence-electron chi connectivity index (χ3n) is 2.12. The molecule has 1 aromatic carbocycles. The van der Waals surface area contributed by atoms with Gasteiger partial charge in [-0.3, -0.25) is 4.79 Å². The van der Waals surface area contributed by atoms with Crippen LogP contribution in [0.15, 0.2) is 24.3 Å². The van der Waals surface area contributed by atoms with E-state index < -0.39 is 5.91 Å². The molecule has 1 aromatic rings. The van der Waals surface area contributed by atoms with Crippen molar-refractivity contribution >= 4 is 5.91 Å². The van der Waals surface area contributed by atoms with Gasteiger partial charge in [-0.05, 0) is 37.9 Å². The topological polar surface area (TPSA) is 78.3 Å². The molecule has 4 heteroatoms. The van der Waals surface area contributed by atoms with Crippen molar-refractivity contribution < 1.29 is 9.53 Å². The number of amides is 1. The molecule has 0 fully saturated rings. The van der Waals surface area contributed by atoms with E-state index in [2.05, 4.69) is 0 Å². The van der Waals surface area contributed by atoms with Crippen molar-refractivity contribution in [2.75, 3.05) is 13.2 Å². The number of carbonyl (C=O) groups excluding carboxylic acids is 1. The third-order valence-corrected chi connectivity index (χ3v) is 2.12. The number of hydrogen-bond acceptors (Lipinski definition) is 3. The fourth-order valence-electron chi connectivity index (χ4n) is 1.29. The lowest BCUT2D eigenvalue weighted by Gasteiger charge is -2.08. The lowest BCUT2D eigenvalue weighted by atomic mass is 10.2. The molecule has 0 spiro atoms. The second kappa shape index (κ2) is 6.85. The molecule has 0 aliphatic rings. The summed E-state index contributed by atoms with van der Waals surface area (Å²) in [5.41, 5.74) is 11.0. The van der Waals surface area contributed by atoms with Crippen molar-refractivity contribution in [1.29, 1.82) is 0 Å². The molecule has 0 atom stereocenters. The first-order valence-corrected chi connectivity index (χ1v) is 5.29. The van der Waals surface area contributed by atoms with Crippen LogP contribution in [0.5, 0.6) is 5.75 Å². The molecule has 1 radical (unpaired) electrons. The first-order chi connectivity index (χ1) is 7.75. The van der Waals surface area contributed by atoms with Crippen LogP contribution in [0.1, 0.15) is 23.2 Å². The van der Waals surface area contributed by atoms with Gasteiger partial charge in [-0.1, -0.05) is 12.1 Å². The molecule has 0 saturated heterocycles. The molecule has 0 aliphatic heterocycles. The van der Waals surface area contributed by atoms with Gasteiger partial charge in [0.15, 0.2) is 0 Å². The van der Waals surface area contributed by atoms with Crippen LogP contribution in [0.4, 0.5) is 0 Å². The van der Waals surface area contributed by atoms with E-state index in [9.17, 15) is 4.79 Å². The summed E-state index contributed by atoms with van der Waals surface area (Å²) in [6.07, 6.45) is 3.85. The minimum Gasteiger partial charge on any atom is -0.492 e. The molecule has 1 amide bonds. The van der Waals surface area contributed by atoms with Gasteiger partial charge in [-0.2, -0.15) is 0 Å². The number of rotatable bonds is 7. The number of unbranched alkanes of at least 4 members (excludes halogenated alkanes) is 2. The highest BCUT2D eigenvalue weighted by Crippen LogP contribution is 2.17. The van der Waals surface area contributed by atoms with Gasteiger partial charge >= 0.3 is 0 Å². The number of hydrogen-bond donors (Lipinski definition) is 2. The van der Waals surface area contributed by atoms with Gasteiger partial charge in [-0.25, -0.2) is 0 Å². The van der Waals surface area contributed by atoms with E-state index in [0.29, 0.717) is 24.5 Å². The maximum Gasteiger partial charge on any atom is 0.252 e. The van der Waals surface area contributed by atoms with Crippen molar-refractivity contribution in [1.82, 2.24) is 0 Å². The second-order valence-electron chi connectivity index (χ2n) is 3.39. The van der Waals surface area contributed by atoms with Crippen molar-refractivity contribution in [2.24, 2.45) is 11.5 Å². The first kappa shape index (κ1) is 12.5. The van der Waals surface area contributed by atoms with Crippen LogP contribution >= 0.6 is 0 Å². The van der Waals surface area contributed by atoms with Crippen molar-refractivity contribution in [3.63, 3.8) is 0 Å². The number of primary amides is 1. The van der Waals surface area contributed by atoms with Crippen molar-refractivity contribution in [2.45, 2.75) is 12.8 Å². The maximum absolute atomic E-state index is 11.1. The number of ether oxygens (including phenoxy) is 1. The highest BCUT2D eigenvalue weighted by atomic mass is 16.5. The summed E-state index contributed by atoms with van der Waals surface area (Å²) < 4.78 is 5.45. The molecule has 0 aromatic heterocycles. The Hall–Kier alpha value is -1.55. The average Bonchev–Trinajstić information content (AvgIpc) is 2.29. The van der Waals surface area contributed by atoms with Gasteiger partial charge < -0.3 is 16.2 Å². The molecule has 4 nitrogen and oxygen atoms in total. The SMILES string of the molecule is NCCC[CH]COc1ccccc1C(N)=O. The summed E-state index contributed by atoms with van der Waals surface area (Å²) in [4.78, 5) is 11.1. The first-order valence-electron chi connectivity index (χ1n) is 5.29. The molecule has 0 heterocycles. The summed E-state index contributed by atoms with van der Waals surface area (Å²) >= 11 is 0. The van der Waals surface area contributed by atoms with Crippen molar-refractivity contribution in [3.8, 4) is 5.75 Å². The van der Waals surface area contributed by atoms with E-state index in [-0.39, 0.29) is 0 Å². The summed E-state index contributed by atoms with van der Waals surface area (Å²) in [5.74, 6) is 0.0524. The van der Waals surface area contributed by atoms with Crippen LogP contribution in [0.25, 0.3) is 0 Å². The zero-order valence-electron chi connectivity index (χ0n) is 9.19. The van der Waals surface area contributed by atoms with Gasteiger partial charge in [-0.15, -0.1) is 0 Å². The minimum atomic E-state index is -0.474. The fraction of sp³-hybridized carbons (Fsp3) is 0.333. The fourth-order valence-corrected chi connectivity index (χ4v) is 1.29. The van der Waals surface area contributed by atoms with Crippen LogP contribution in [0.3, 0.4) is 0 Å². The summed E-state index contributed by atoms with van der Waals surface area (Å²) in [5, 5.41) is 0. The molecule has 0 saturated carbocycles. The largest absolute Gasteiger partial charge is 0.492 e. The van der Waals surface area contributed by atoms with E-state index in [1.165, 1.54) is 0 Å². The zero-order valence-corrected chi connectivity index (χ0v) is 9.19. The quantitative estimate of drug-likeness (QED) is 0.677. The number of benzene rings is 1. The summed E-state index contributed by atoms with van der Waals surface area (Å²) in [6.45, 7) is 1.14. The molecule has 1 rings (SSSR count). The van der Waals surface area contributed by atoms with E-state index >= 15 is 0 Å². The van der Waals surface area contributed by atoms with Crippen LogP contribution in [-0.2, 0) is 0 Å². The van der Waals surface area contributed by atoms with Crippen LogP contribution in [0, 0.1) is 6.42 Å². The Balaban J connectivity index is 2.44. The molecular weight excluding hydrogens is 204 g/mol. The monoisotopic (exact) mass is 221 g/mol. The number of carbonyl (C=O) groups is 1. The Morgan fingerprint density at radius 2 is 2.12 bits per heavy atom. The van der Waals surface area contributed by atoms with Gasteiger partial charge in [0, 0.05) is 0 Å². The Labute approximate surface area is 95.6 Å². The maximum atomic E-state index is 11.1. The van der Waals surface area contributed by atoms with E-state index in [4.69, 9.17) is 16.2 Å². The summed E-state index contributed by atoms with van der Waals surface area (Å²) in [7, 11) is 0. The predicted molar refractivity (Wildman–Crippen MR) is 63.0 cm³/mol. The van der Waals surface area contributed by atoms with Crippen LogP contribution in [-0.4, -0.2) is 19.1 Å². The standard InChI is InChI=1S/C12H17N2O2/c13-8-4-1-5-9-16-11-7-3-2-6-10(11)12(14)15/h2-3,5-7H,1,4,8-9,13H2,(H2,14,15). The lowest BCUT2D eigenvalue weighted by molar-refractivity contribution is 0.0996. The van der Waals surface area contributed by atoms with Gasteiger partial charge in [0.05, 0.1) is 12.2 Å². The smallest absolute Gasteiger partial charge is 0.252 e. The van der Waals surface area contributed by atoms with E-state index in [1.807, 2.05) is 12.5 Å². The minimum absolute atomic E-state index is 0.412. The Morgan fingerprint density at radius 3 is 2.81 bits per heavy atom. The number of nitrogens with two attached hydrogens (primary N) is 2. The third kappa shape index (κ3) is 3.90. The molecule has 4 N–H and O–H groups in total. The lowest BCUT2D eigenvalue weighted by Crippen LogP contribution is -2.13. The predicted octanol–water partition coefficient (Wildman–Crippen LogP) is 1.11. The second-order valence-corrected chi connectivity index (χ2v) is 3.39. The molecule has 87 valence electrons. The van der Waals surface area contributed by atoms with Gasteiger partial charge in [0.1, 0.15) is 5.75 Å². The van der Waals surface area contributed by atoms with Crippen LogP contribution < -0.4 is 16.2 Å². The summed E-state index contributed by atoms with van der Waals surface area (Å²) in [6, 6.07) is 6.95. The Morgan fingerprint density at radius 1 is 1.38 bits per heavy atom. The Bertz CT molecular complexity index is 340. The average molecular weight is 221 g/mol. The van der Waals surface area contributed by atoms with Crippen molar-refractivity contribution in [3.05, 3.63) is 36.2 Å². The Kier molecular flexibility index (Phi) is 5.36. The highest BCUT2D eigenvalue weighted by molar-refractivity contribution is 5.95. The van der Waals surface area contributed by atoms with Crippen LogP contribution in [0.2, 0.25) is 0 Å². The van der Waals surface area contributed by atoms with E-state index in [0.717, 1.165) is 12.8 Å². The van der Waals surface area contributed by atoms with Gasteiger partial charge in [0.2, 0.25) is 0 Å². The molecule has 0 unspecified atom stereocenters. The normalized spacial score (nSPS) is 10.1. The molecule has 0 bridgehead atoms. The molecule has 16 heavy (non-hydrogen) atoms. The van der Waals surface area contributed by atoms with E-state index in [1.54, 1.807) is 18.2 Å². The zero-order chi connectivity index (χ0) is 11.8. The molecule has 0 aliphatic carbocycles.